The van der Waals surface area contributed by atoms with Crippen LogP contribution in [0.25, 0.3) is 0 Å². The number of hydrazone groups is 1. The molecule has 0 aliphatic carbocycles. The van der Waals surface area contributed by atoms with E-state index in [1.807, 2.05) is 6.07 Å². The number of benzene rings is 1. The summed E-state index contributed by atoms with van der Waals surface area (Å²) >= 11 is 0. The third kappa shape index (κ3) is 7.53. The molecule has 0 radical (unpaired) electrons. The predicted octanol–water partition coefficient (Wildman–Crippen LogP) is 1.51. The number of hydrogen-bond acceptors (Lipinski definition) is 7. The number of methoxy groups -OCH3 is 1. The zero-order valence-electron chi connectivity index (χ0n) is 17.2. The van der Waals surface area contributed by atoms with Crippen LogP contribution in [0.4, 0.5) is 0 Å². The topological polar surface area (TPSA) is 139 Å². The van der Waals surface area contributed by atoms with Crippen LogP contribution in [0.2, 0.25) is 0 Å². The number of aromatic nitrogens is 3. The second-order valence-corrected chi connectivity index (χ2v) is 6.57. The molecule has 0 aliphatic heterocycles. The van der Waals surface area contributed by atoms with E-state index < -0.39 is 17.2 Å². The van der Waals surface area contributed by atoms with Crippen molar-refractivity contribution in [3.63, 3.8) is 0 Å². The molecule has 0 saturated carbocycles. The van der Waals surface area contributed by atoms with Crippen molar-refractivity contribution in [1.29, 1.82) is 0 Å². The van der Waals surface area contributed by atoms with Gasteiger partial charge in [-0.15, -0.1) is 0 Å². The molecule has 0 saturated heterocycles. The van der Waals surface area contributed by atoms with Crippen LogP contribution >= 0.6 is 0 Å². The van der Waals surface area contributed by atoms with Gasteiger partial charge in [-0.3, -0.25) is 14.6 Å². The summed E-state index contributed by atoms with van der Waals surface area (Å²) in [7, 11) is 1.56. The Bertz CT molecular complexity index is 967. The molecule has 0 unspecified atom stereocenters. The number of carbonyl (C=O) groups excluding carboxylic acids is 1. The first kappa shape index (κ1) is 22.9. The maximum Gasteiger partial charge on any atom is 0.342 e. The SMILES string of the molecule is CCCCCCOc1ccc(C=NNC(=O)CCc2n[nH]c(=O)[nH]c2=O)cc1OC. The lowest BCUT2D eigenvalue weighted by Gasteiger charge is -2.11. The van der Waals surface area contributed by atoms with E-state index in [2.05, 4.69) is 32.6 Å². The van der Waals surface area contributed by atoms with Crippen LogP contribution in [0, 0.1) is 0 Å². The summed E-state index contributed by atoms with van der Waals surface area (Å²) in [4.78, 5) is 36.4. The number of rotatable bonds is 12. The number of H-pyrrole nitrogens is 2. The average molecular weight is 417 g/mol. The maximum atomic E-state index is 11.9. The van der Waals surface area contributed by atoms with E-state index in [1.165, 1.54) is 19.1 Å². The summed E-state index contributed by atoms with van der Waals surface area (Å²) in [5.41, 5.74) is 1.87. The van der Waals surface area contributed by atoms with Crippen molar-refractivity contribution in [3.8, 4) is 11.5 Å². The van der Waals surface area contributed by atoms with Gasteiger partial charge in [0.2, 0.25) is 5.91 Å². The van der Waals surface area contributed by atoms with Crippen molar-refractivity contribution in [2.45, 2.75) is 45.4 Å². The molecule has 30 heavy (non-hydrogen) atoms. The van der Waals surface area contributed by atoms with Crippen LogP contribution in [0.5, 0.6) is 11.5 Å². The lowest BCUT2D eigenvalue weighted by Crippen LogP contribution is -2.28. The molecular formula is C20H27N5O5. The van der Waals surface area contributed by atoms with E-state index in [-0.39, 0.29) is 18.5 Å². The Morgan fingerprint density at radius 2 is 2.07 bits per heavy atom. The van der Waals surface area contributed by atoms with Crippen LogP contribution in [-0.4, -0.2) is 41.0 Å². The van der Waals surface area contributed by atoms with E-state index in [0.717, 1.165) is 18.4 Å². The zero-order valence-corrected chi connectivity index (χ0v) is 17.2. The minimum absolute atomic E-state index is 0.00636. The summed E-state index contributed by atoms with van der Waals surface area (Å²) in [6.45, 7) is 2.80. The highest BCUT2D eigenvalue weighted by atomic mass is 16.5. The van der Waals surface area contributed by atoms with Crippen molar-refractivity contribution < 1.29 is 14.3 Å². The number of amides is 1. The monoisotopic (exact) mass is 417 g/mol. The first-order valence-electron chi connectivity index (χ1n) is 9.84. The van der Waals surface area contributed by atoms with Gasteiger partial charge in [-0.1, -0.05) is 26.2 Å². The van der Waals surface area contributed by atoms with E-state index in [0.29, 0.717) is 18.1 Å². The van der Waals surface area contributed by atoms with Crippen molar-refractivity contribution in [2.75, 3.05) is 13.7 Å². The fourth-order valence-corrected chi connectivity index (χ4v) is 2.60. The molecule has 2 rings (SSSR count). The molecule has 1 aromatic heterocycles. The summed E-state index contributed by atoms with van der Waals surface area (Å²) in [6, 6.07) is 5.38. The van der Waals surface area contributed by atoms with E-state index >= 15 is 0 Å². The minimum atomic E-state index is -0.693. The largest absolute Gasteiger partial charge is 0.493 e. The van der Waals surface area contributed by atoms with Crippen molar-refractivity contribution in [1.82, 2.24) is 20.6 Å². The van der Waals surface area contributed by atoms with Crippen LogP contribution < -0.4 is 26.1 Å². The quantitative estimate of drug-likeness (QED) is 0.272. The molecular weight excluding hydrogens is 390 g/mol. The number of ether oxygens (including phenoxy) is 2. The standard InChI is InChI=1S/C20H27N5O5/c1-3-4-5-6-11-30-16-9-7-14(12-17(16)29-2)13-21-24-18(26)10-8-15-19(27)22-20(28)25-23-15/h7,9,12-13H,3-6,8,10-11H2,1-2H3,(H,24,26)(H2,22,25,27,28). The summed E-state index contributed by atoms with van der Waals surface area (Å²) in [6.07, 6.45) is 6.05. The second-order valence-electron chi connectivity index (χ2n) is 6.57. The number of nitrogens with one attached hydrogen (secondary N) is 3. The van der Waals surface area contributed by atoms with Crippen LogP contribution in [-0.2, 0) is 11.2 Å². The molecule has 162 valence electrons. The van der Waals surface area contributed by atoms with Gasteiger partial charge >= 0.3 is 5.69 Å². The van der Waals surface area contributed by atoms with Gasteiger partial charge in [-0.25, -0.2) is 15.3 Å². The number of aryl methyl sites for hydroxylation is 1. The highest BCUT2D eigenvalue weighted by Crippen LogP contribution is 2.27. The van der Waals surface area contributed by atoms with Gasteiger partial charge in [-0.2, -0.15) is 10.2 Å². The fraction of sp³-hybridized carbons (Fsp3) is 0.450. The molecule has 0 bridgehead atoms. The van der Waals surface area contributed by atoms with Gasteiger partial charge in [0.25, 0.3) is 5.56 Å². The molecule has 10 nitrogen and oxygen atoms in total. The zero-order chi connectivity index (χ0) is 21.8. The van der Waals surface area contributed by atoms with Crippen LogP contribution in [0.15, 0.2) is 32.9 Å². The van der Waals surface area contributed by atoms with Crippen molar-refractivity contribution >= 4 is 12.1 Å². The van der Waals surface area contributed by atoms with Gasteiger partial charge in [0.05, 0.1) is 19.9 Å². The normalized spacial score (nSPS) is 10.9. The van der Waals surface area contributed by atoms with Crippen molar-refractivity contribution in [2.24, 2.45) is 5.10 Å². The molecule has 1 amide bonds. The highest BCUT2D eigenvalue weighted by Gasteiger charge is 2.07. The summed E-state index contributed by atoms with van der Waals surface area (Å²) < 4.78 is 11.1. The highest BCUT2D eigenvalue weighted by molar-refractivity contribution is 5.83. The maximum absolute atomic E-state index is 11.9. The van der Waals surface area contributed by atoms with Gasteiger partial charge in [0.15, 0.2) is 11.5 Å². The molecule has 3 N–H and O–H groups in total. The Balaban J connectivity index is 1.83. The molecule has 0 aliphatic rings. The predicted molar refractivity (Wildman–Crippen MR) is 112 cm³/mol. The fourth-order valence-electron chi connectivity index (χ4n) is 2.60. The van der Waals surface area contributed by atoms with Gasteiger partial charge in [0.1, 0.15) is 5.69 Å². The smallest absolute Gasteiger partial charge is 0.342 e. The van der Waals surface area contributed by atoms with E-state index in [4.69, 9.17) is 9.47 Å². The lowest BCUT2D eigenvalue weighted by molar-refractivity contribution is -0.121. The summed E-state index contributed by atoms with van der Waals surface area (Å²) in [5, 5.41) is 9.64. The minimum Gasteiger partial charge on any atom is -0.493 e. The molecule has 1 aromatic carbocycles. The number of unbranched alkanes of at least 4 members (excludes halogenated alkanes) is 3. The van der Waals surface area contributed by atoms with Crippen molar-refractivity contribution in [3.05, 3.63) is 50.3 Å². The Morgan fingerprint density at radius 3 is 2.80 bits per heavy atom. The number of hydrogen-bond donors (Lipinski definition) is 3. The van der Waals surface area contributed by atoms with Crippen LogP contribution in [0.3, 0.4) is 0 Å². The Morgan fingerprint density at radius 1 is 1.23 bits per heavy atom. The molecule has 2 aromatic rings. The molecule has 0 atom stereocenters. The Kier molecular flexibility index (Phi) is 9.29. The number of nitrogens with zero attached hydrogens (tertiary/aromatic N) is 2. The summed E-state index contributed by atoms with van der Waals surface area (Å²) in [5.74, 6) is 0.857. The van der Waals surface area contributed by atoms with E-state index in [1.54, 1.807) is 19.2 Å². The van der Waals surface area contributed by atoms with Gasteiger partial charge in [0, 0.05) is 12.8 Å². The Labute approximate surface area is 173 Å². The van der Waals surface area contributed by atoms with E-state index in [9.17, 15) is 14.4 Å². The first-order chi connectivity index (χ1) is 14.5. The number of aromatic amines is 2. The average Bonchev–Trinajstić information content (AvgIpc) is 2.73. The first-order valence-corrected chi connectivity index (χ1v) is 9.84. The van der Waals surface area contributed by atoms with Gasteiger partial charge < -0.3 is 9.47 Å². The molecule has 0 fully saturated rings. The lowest BCUT2D eigenvalue weighted by atomic mass is 10.2. The van der Waals surface area contributed by atoms with Gasteiger partial charge in [-0.05, 0) is 30.2 Å². The Hall–Kier alpha value is -3.43. The van der Waals surface area contributed by atoms with Crippen LogP contribution in [0.1, 0.15) is 50.3 Å². The molecule has 0 spiro atoms. The molecule has 10 heteroatoms. The molecule has 1 heterocycles. The third-order valence-corrected chi connectivity index (χ3v) is 4.22. The number of carbonyl (C=O) groups is 1. The second kappa shape index (κ2) is 12.2. The third-order valence-electron chi connectivity index (χ3n) is 4.22.